The summed E-state index contributed by atoms with van der Waals surface area (Å²) in [4.78, 5) is 13.2. The molecular formula is C32H27N3O2. The first kappa shape index (κ1) is 23.8. The number of ether oxygens (including phenoxy) is 1. The summed E-state index contributed by atoms with van der Waals surface area (Å²) in [6.07, 6.45) is 1.62. The van der Waals surface area contributed by atoms with Gasteiger partial charge in [0.2, 0.25) is 0 Å². The summed E-state index contributed by atoms with van der Waals surface area (Å²) in [5.74, 6) is 0.555. The van der Waals surface area contributed by atoms with Crippen molar-refractivity contribution in [2.24, 2.45) is 5.10 Å². The van der Waals surface area contributed by atoms with Gasteiger partial charge in [0.1, 0.15) is 12.3 Å². The van der Waals surface area contributed by atoms with Gasteiger partial charge in [-0.3, -0.25) is 4.79 Å². The Morgan fingerprint density at radius 1 is 0.784 bits per heavy atom. The maximum atomic E-state index is 13.2. The lowest BCUT2D eigenvalue weighted by molar-refractivity contribution is -0.121. The van der Waals surface area contributed by atoms with Gasteiger partial charge in [0, 0.05) is 11.3 Å². The van der Waals surface area contributed by atoms with Crippen LogP contribution in [0.3, 0.4) is 0 Å². The molecule has 5 aromatic rings. The Morgan fingerprint density at radius 3 is 1.95 bits per heavy atom. The number of rotatable bonds is 8. The molecule has 1 aromatic heterocycles. The Labute approximate surface area is 216 Å². The zero-order chi connectivity index (χ0) is 25.5. The highest BCUT2D eigenvalue weighted by molar-refractivity contribution is 5.89. The molecular weight excluding hydrogens is 458 g/mol. The van der Waals surface area contributed by atoms with Crippen LogP contribution < -0.4 is 10.2 Å². The highest BCUT2D eigenvalue weighted by Gasteiger charge is 2.20. The first-order valence-electron chi connectivity index (χ1n) is 12.1. The molecule has 1 heterocycles. The van der Waals surface area contributed by atoms with Gasteiger partial charge in [0.05, 0.1) is 19.0 Å². The molecule has 1 amide bonds. The molecule has 0 aliphatic heterocycles. The van der Waals surface area contributed by atoms with E-state index in [4.69, 9.17) is 4.74 Å². The molecule has 0 saturated heterocycles. The van der Waals surface area contributed by atoms with Crippen LogP contribution in [0.1, 0.15) is 5.56 Å². The zero-order valence-corrected chi connectivity index (χ0v) is 20.5. The molecule has 0 saturated carbocycles. The molecule has 0 bridgehead atoms. The number of aromatic nitrogens is 1. The number of carbonyl (C=O) groups is 1. The highest BCUT2D eigenvalue weighted by Crippen LogP contribution is 2.39. The van der Waals surface area contributed by atoms with Crippen molar-refractivity contribution >= 4 is 12.1 Å². The van der Waals surface area contributed by atoms with E-state index in [1.807, 2.05) is 78.9 Å². The molecule has 0 fully saturated rings. The zero-order valence-electron chi connectivity index (χ0n) is 20.5. The summed E-state index contributed by atoms with van der Waals surface area (Å²) >= 11 is 0. The minimum Gasteiger partial charge on any atom is -0.497 e. The third kappa shape index (κ3) is 5.52. The van der Waals surface area contributed by atoms with Crippen LogP contribution in [-0.2, 0) is 11.3 Å². The first-order chi connectivity index (χ1) is 18.2. The molecule has 0 aliphatic carbocycles. The lowest BCUT2D eigenvalue weighted by Gasteiger charge is -2.14. The monoisotopic (exact) mass is 485 g/mol. The van der Waals surface area contributed by atoms with Crippen molar-refractivity contribution in [3.05, 3.63) is 127 Å². The predicted molar refractivity (Wildman–Crippen MR) is 149 cm³/mol. The van der Waals surface area contributed by atoms with Crippen LogP contribution in [0.15, 0.2) is 126 Å². The van der Waals surface area contributed by atoms with Crippen molar-refractivity contribution in [1.29, 1.82) is 0 Å². The van der Waals surface area contributed by atoms with E-state index in [0.29, 0.717) is 0 Å². The van der Waals surface area contributed by atoms with Gasteiger partial charge in [-0.25, -0.2) is 5.43 Å². The average molecular weight is 486 g/mol. The Kier molecular flexibility index (Phi) is 7.23. The normalized spacial score (nSPS) is 10.9. The van der Waals surface area contributed by atoms with E-state index < -0.39 is 0 Å². The molecule has 182 valence electrons. The van der Waals surface area contributed by atoms with Gasteiger partial charge < -0.3 is 9.30 Å². The summed E-state index contributed by atoms with van der Waals surface area (Å²) in [6.45, 7) is 0.112. The second-order valence-corrected chi connectivity index (χ2v) is 8.54. The van der Waals surface area contributed by atoms with Gasteiger partial charge >= 0.3 is 0 Å². The van der Waals surface area contributed by atoms with Crippen LogP contribution in [0.4, 0.5) is 0 Å². The fourth-order valence-electron chi connectivity index (χ4n) is 4.35. The van der Waals surface area contributed by atoms with Crippen molar-refractivity contribution < 1.29 is 9.53 Å². The minimum absolute atomic E-state index is 0.112. The van der Waals surface area contributed by atoms with Crippen molar-refractivity contribution in [1.82, 2.24) is 9.99 Å². The predicted octanol–water partition coefficient (Wildman–Crippen LogP) is 6.65. The van der Waals surface area contributed by atoms with E-state index in [9.17, 15) is 4.79 Å². The fourth-order valence-corrected chi connectivity index (χ4v) is 4.35. The van der Waals surface area contributed by atoms with Crippen LogP contribution in [0.25, 0.3) is 33.6 Å². The summed E-state index contributed by atoms with van der Waals surface area (Å²) in [5, 5.41) is 4.18. The van der Waals surface area contributed by atoms with Crippen LogP contribution in [-0.4, -0.2) is 23.8 Å². The average Bonchev–Trinajstić information content (AvgIpc) is 3.33. The summed E-state index contributed by atoms with van der Waals surface area (Å²) in [7, 11) is 1.63. The van der Waals surface area contributed by atoms with Gasteiger partial charge in [-0.2, -0.15) is 5.10 Å². The van der Waals surface area contributed by atoms with Gasteiger partial charge in [0.15, 0.2) is 0 Å². The molecule has 0 spiro atoms. The molecule has 0 radical (unpaired) electrons. The number of amides is 1. The SMILES string of the molecule is COc1ccc(/C=N/NC(=O)Cn2c(-c3ccccc3)cc(-c3ccccc3)c2-c2ccccc2)cc1. The number of nitrogens with one attached hydrogen (secondary N) is 1. The maximum absolute atomic E-state index is 13.2. The van der Waals surface area contributed by atoms with Crippen molar-refractivity contribution in [2.45, 2.75) is 6.54 Å². The smallest absolute Gasteiger partial charge is 0.260 e. The Bertz CT molecular complexity index is 1490. The van der Waals surface area contributed by atoms with Gasteiger partial charge in [-0.1, -0.05) is 91.0 Å². The molecule has 5 heteroatoms. The lowest BCUT2D eigenvalue weighted by Crippen LogP contribution is -2.24. The molecule has 5 rings (SSSR count). The van der Waals surface area contributed by atoms with Crippen molar-refractivity contribution in [2.75, 3.05) is 7.11 Å². The largest absolute Gasteiger partial charge is 0.497 e. The Hall–Kier alpha value is -4.90. The lowest BCUT2D eigenvalue weighted by atomic mass is 10.0. The number of hydrogen-bond donors (Lipinski definition) is 1. The highest BCUT2D eigenvalue weighted by atomic mass is 16.5. The second-order valence-electron chi connectivity index (χ2n) is 8.54. The molecule has 1 N–H and O–H groups in total. The van der Waals surface area contributed by atoms with E-state index in [-0.39, 0.29) is 12.5 Å². The maximum Gasteiger partial charge on any atom is 0.260 e. The van der Waals surface area contributed by atoms with Crippen LogP contribution in [0, 0.1) is 0 Å². The van der Waals surface area contributed by atoms with Gasteiger partial charge in [0.25, 0.3) is 5.91 Å². The van der Waals surface area contributed by atoms with Crippen LogP contribution in [0.5, 0.6) is 5.75 Å². The van der Waals surface area contributed by atoms with Gasteiger partial charge in [-0.15, -0.1) is 0 Å². The molecule has 4 aromatic carbocycles. The van der Waals surface area contributed by atoms with E-state index >= 15 is 0 Å². The Balaban J connectivity index is 1.53. The molecule has 5 nitrogen and oxygen atoms in total. The van der Waals surface area contributed by atoms with Crippen LogP contribution >= 0.6 is 0 Å². The third-order valence-electron chi connectivity index (χ3n) is 6.12. The molecule has 37 heavy (non-hydrogen) atoms. The van der Waals surface area contributed by atoms with Gasteiger partial charge in [-0.05, 0) is 52.6 Å². The number of carbonyl (C=O) groups excluding carboxylic acids is 1. The van der Waals surface area contributed by atoms with E-state index in [2.05, 4.69) is 57.6 Å². The molecule has 0 unspecified atom stereocenters. The standard InChI is InChI=1S/C32H27N3O2/c1-37-28-19-17-24(18-20-28)22-33-34-31(36)23-35-30(26-13-7-3-8-14-26)21-29(25-11-5-2-6-12-25)32(35)27-15-9-4-10-16-27/h2-22H,23H2,1H3,(H,34,36)/b33-22+. The number of benzene rings is 4. The van der Waals surface area contributed by atoms with E-state index in [1.165, 1.54) is 0 Å². The van der Waals surface area contributed by atoms with Crippen molar-refractivity contribution in [3.63, 3.8) is 0 Å². The fraction of sp³-hybridized carbons (Fsp3) is 0.0625. The molecule has 0 atom stereocenters. The number of nitrogens with zero attached hydrogens (tertiary/aromatic N) is 2. The summed E-state index contributed by atoms with van der Waals surface area (Å²) < 4.78 is 7.27. The quantitative estimate of drug-likeness (QED) is 0.198. The number of hydrogen-bond acceptors (Lipinski definition) is 3. The molecule has 0 aliphatic rings. The number of methoxy groups -OCH3 is 1. The minimum atomic E-state index is -0.214. The van der Waals surface area contributed by atoms with Crippen LogP contribution in [0.2, 0.25) is 0 Å². The van der Waals surface area contributed by atoms with E-state index in [1.54, 1.807) is 13.3 Å². The van der Waals surface area contributed by atoms with Crippen molar-refractivity contribution in [3.8, 4) is 39.4 Å². The number of hydrazone groups is 1. The third-order valence-corrected chi connectivity index (χ3v) is 6.12. The topological polar surface area (TPSA) is 55.6 Å². The second kappa shape index (κ2) is 11.2. The van der Waals surface area contributed by atoms with E-state index in [0.717, 1.165) is 45.0 Å². The summed E-state index contributed by atoms with van der Waals surface area (Å²) in [6, 6.07) is 40.2. The first-order valence-corrected chi connectivity index (χ1v) is 12.1. The summed E-state index contributed by atoms with van der Waals surface area (Å²) in [5.41, 5.74) is 9.75. The Morgan fingerprint density at radius 2 is 1.35 bits per heavy atom.